The van der Waals surface area contributed by atoms with Gasteiger partial charge in [-0.15, -0.1) is 11.8 Å². The normalized spacial score (nSPS) is 16.0. The number of carbonyl (C=O) groups is 1. The summed E-state index contributed by atoms with van der Waals surface area (Å²) in [5.74, 6) is 0.601. The maximum Gasteiger partial charge on any atom is 0.230 e. The molecule has 0 saturated heterocycles. The van der Waals surface area contributed by atoms with Crippen molar-refractivity contribution in [3.05, 3.63) is 24.3 Å². The lowest BCUT2D eigenvalue weighted by Crippen LogP contribution is -2.33. The maximum atomic E-state index is 11.7. The van der Waals surface area contributed by atoms with E-state index in [4.69, 9.17) is 5.73 Å². The molecule has 3 N–H and O–H groups in total. The van der Waals surface area contributed by atoms with Crippen LogP contribution >= 0.6 is 11.8 Å². The zero-order valence-corrected chi connectivity index (χ0v) is 10.6. The molecule has 0 heterocycles. The standard InChI is InChI=1S/C13H18N2OS/c14-10-4-3-7-12(8-10)17-9-13(16)15-11-5-1-2-6-11/h3-4,7-8,11H,1-2,5-6,9,14H2,(H,15,16). The van der Waals surface area contributed by atoms with Crippen LogP contribution in [0.5, 0.6) is 0 Å². The lowest BCUT2D eigenvalue weighted by molar-refractivity contribution is -0.119. The van der Waals surface area contributed by atoms with Crippen molar-refractivity contribution >= 4 is 23.4 Å². The second-order valence-corrected chi connectivity index (χ2v) is 5.46. The highest BCUT2D eigenvalue weighted by Crippen LogP contribution is 2.21. The Morgan fingerprint density at radius 3 is 2.88 bits per heavy atom. The van der Waals surface area contributed by atoms with E-state index in [1.54, 1.807) is 0 Å². The Morgan fingerprint density at radius 2 is 2.18 bits per heavy atom. The van der Waals surface area contributed by atoms with E-state index >= 15 is 0 Å². The Bertz CT molecular complexity index is 389. The lowest BCUT2D eigenvalue weighted by atomic mass is 10.2. The van der Waals surface area contributed by atoms with E-state index < -0.39 is 0 Å². The third-order valence-electron chi connectivity index (χ3n) is 2.95. The predicted octanol–water partition coefficient (Wildman–Crippen LogP) is 2.42. The molecule has 0 aromatic heterocycles. The summed E-state index contributed by atoms with van der Waals surface area (Å²) in [7, 11) is 0. The predicted molar refractivity (Wildman–Crippen MR) is 72.0 cm³/mol. The molecule has 1 aliphatic carbocycles. The van der Waals surface area contributed by atoms with Gasteiger partial charge in [-0.2, -0.15) is 0 Å². The number of thioether (sulfide) groups is 1. The van der Waals surface area contributed by atoms with Crippen molar-refractivity contribution in [1.29, 1.82) is 0 Å². The maximum absolute atomic E-state index is 11.7. The van der Waals surface area contributed by atoms with Crippen molar-refractivity contribution in [3.8, 4) is 0 Å². The number of nitrogen functional groups attached to an aromatic ring is 1. The number of hydrogen-bond acceptors (Lipinski definition) is 3. The van der Waals surface area contributed by atoms with Gasteiger partial charge in [0.25, 0.3) is 0 Å². The van der Waals surface area contributed by atoms with Gasteiger partial charge in [0.15, 0.2) is 0 Å². The van der Waals surface area contributed by atoms with E-state index in [1.165, 1.54) is 24.6 Å². The molecule has 4 heteroatoms. The molecule has 1 fully saturated rings. The summed E-state index contributed by atoms with van der Waals surface area (Å²) >= 11 is 1.53. The third kappa shape index (κ3) is 3.97. The summed E-state index contributed by atoms with van der Waals surface area (Å²) < 4.78 is 0. The first kappa shape index (κ1) is 12.3. The molecular formula is C13H18N2OS. The molecule has 92 valence electrons. The monoisotopic (exact) mass is 250 g/mol. The van der Waals surface area contributed by atoms with Crippen molar-refractivity contribution in [2.24, 2.45) is 0 Å². The topological polar surface area (TPSA) is 55.1 Å². The van der Waals surface area contributed by atoms with Crippen LogP contribution in [-0.2, 0) is 4.79 Å². The van der Waals surface area contributed by atoms with Gasteiger partial charge < -0.3 is 11.1 Å². The summed E-state index contributed by atoms with van der Waals surface area (Å²) in [4.78, 5) is 12.7. The fraction of sp³-hybridized carbons (Fsp3) is 0.462. The highest BCUT2D eigenvalue weighted by atomic mass is 32.2. The molecule has 1 amide bonds. The molecule has 1 aliphatic rings. The Balaban J connectivity index is 1.75. The van der Waals surface area contributed by atoms with Crippen LogP contribution in [0.15, 0.2) is 29.2 Å². The van der Waals surface area contributed by atoms with Crippen LogP contribution in [-0.4, -0.2) is 17.7 Å². The summed E-state index contributed by atoms with van der Waals surface area (Å²) in [5, 5.41) is 3.07. The van der Waals surface area contributed by atoms with E-state index in [2.05, 4.69) is 5.32 Å². The van der Waals surface area contributed by atoms with Crippen LogP contribution in [0.1, 0.15) is 25.7 Å². The van der Waals surface area contributed by atoms with Crippen molar-refractivity contribution in [2.75, 3.05) is 11.5 Å². The average Bonchev–Trinajstić information content (AvgIpc) is 2.79. The lowest BCUT2D eigenvalue weighted by Gasteiger charge is -2.11. The number of nitrogens with one attached hydrogen (secondary N) is 1. The first-order chi connectivity index (χ1) is 8.24. The van der Waals surface area contributed by atoms with Crippen LogP contribution in [0.2, 0.25) is 0 Å². The molecule has 0 radical (unpaired) electrons. The number of nitrogens with two attached hydrogens (primary N) is 1. The summed E-state index contributed by atoms with van der Waals surface area (Å²) in [6, 6.07) is 8.04. The fourth-order valence-corrected chi connectivity index (χ4v) is 2.87. The summed E-state index contributed by atoms with van der Waals surface area (Å²) in [5.41, 5.74) is 6.43. The van der Waals surface area contributed by atoms with Gasteiger partial charge in [0.1, 0.15) is 0 Å². The molecular weight excluding hydrogens is 232 g/mol. The molecule has 1 aromatic rings. The minimum absolute atomic E-state index is 0.129. The van der Waals surface area contributed by atoms with Crippen molar-refractivity contribution < 1.29 is 4.79 Å². The van der Waals surface area contributed by atoms with Gasteiger partial charge in [0, 0.05) is 16.6 Å². The molecule has 3 nitrogen and oxygen atoms in total. The number of hydrogen-bond donors (Lipinski definition) is 2. The molecule has 0 aliphatic heterocycles. The average molecular weight is 250 g/mol. The Labute approximate surface area is 106 Å². The largest absolute Gasteiger partial charge is 0.399 e. The number of carbonyl (C=O) groups excluding carboxylic acids is 1. The van der Waals surface area contributed by atoms with E-state index in [-0.39, 0.29) is 5.91 Å². The fourth-order valence-electron chi connectivity index (χ4n) is 2.09. The van der Waals surface area contributed by atoms with Crippen LogP contribution < -0.4 is 11.1 Å². The van der Waals surface area contributed by atoms with E-state index in [9.17, 15) is 4.79 Å². The number of benzene rings is 1. The van der Waals surface area contributed by atoms with Gasteiger partial charge >= 0.3 is 0 Å². The zero-order chi connectivity index (χ0) is 12.1. The molecule has 0 bridgehead atoms. The first-order valence-corrected chi connectivity index (χ1v) is 7.00. The molecule has 1 aromatic carbocycles. The zero-order valence-electron chi connectivity index (χ0n) is 9.82. The second-order valence-electron chi connectivity index (χ2n) is 4.41. The quantitative estimate of drug-likeness (QED) is 0.637. The van der Waals surface area contributed by atoms with Gasteiger partial charge in [-0.25, -0.2) is 0 Å². The summed E-state index contributed by atoms with van der Waals surface area (Å²) in [6.07, 6.45) is 4.75. The Morgan fingerprint density at radius 1 is 1.41 bits per heavy atom. The minimum atomic E-state index is 0.129. The van der Waals surface area contributed by atoms with E-state index in [1.807, 2.05) is 24.3 Å². The highest BCUT2D eigenvalue weighted by molar-refractivity contribution is 8.00. The third-order valence-corrected chi connectivity index (χ3v) is 3.94. The molecule has 17 heavy (non-hydrogen) atoms. The van der Waals surface area contributed by atoms with Crippen LogP contribution in [0, 0.1) is 0 Å². The molecule has 0 atom stereocenters. The van der Waals surface area contributed by atoms with Crippen LogP contribution in [0.25, 0.3) is 0 Å². The van der Waals surface area contributed by atoms with E-state index in [0.29, 0.717) is 11.8 Å². The van der Waals surface area contributed by atoms with Gasteiger partial charge in [-0.3, -0.25) is 4.79 Å². The second kappa shape index (κ2) is 5.96. The van der Waals surface area contributed by atoms with Crippen LogP contribution in [0.4, 0.5) is 5.69 Å². The van der Waals surface area contributed by atoms with Crippen molar-refractivity contribution in [1.82, 2.24) is 5.32 Å². The number of anilines is 1. The SMILES string of the molecule is Nc1cccc(SCC(=O)NC2CCCC2)c1. The number of rotatable bonds is 4. The molecule has 0 unspecified atom stereocenters. The minimum Gasteiger partial charge on any atom is -0.399 e. The Hall–Kier alpha value is -1.16. The smallest absolute Gasteiger partial charge is 0.230 e. The van der Waals surface area contributed by atoms with Crippen molar-refractivity contribution in [3.63, 3.8) is 0 Å². The van der Waals surface area contributed by atoms with Gasteiger partial charge in [-0.1, -0.05) is 18.9 Å². The molecule has 1 saturated carbocycles. The molecule has 2 rings (SSSR count). The first-order valence-electron chi connectivity index (χ1n) is 6.02. The Kier molecular flexibility index (Phi) is 4.31. The van der Waals surface area contributed by atoms with Gasteiger partial charge in [-0.05, 0) is 31.0 Å². The van der Waals surface area contributed by atoms with Gasteiger partial charge in [0.2, 0.25) is 5.91 Å². The summed E-state index contributed by atoms with van der Waals surface area (Å²) in [6.45, 7) is 0. The number of amides is 1. The molecule has 0 spiro atoms. The van der Waals surface area contributed by atoms with Crippen LogP contribution in [0.3, 0.4) is 0 Å². The van der Waals surface area contributed by atoms with Crippen molar-refractivity contribution in [2.45, 2.75) is 36.6 Å². The van der Waals surface area contributed by atoms with Gasteiger partial charge in [0.05, 0.1) is 5.75 Å². The highest BCUT2D eigenvalue weighted by Gasteiger charge is 2.16. The van der Waals surface area contributed by atoms with E-state index in [0.717, 1.165) is 23.4 Å².